The summed E-state index contributed by atoms with van der Waals surface area (Å²) in [7, 11) is -3.63. The van der Waals surface area contributed by atoms with Gasteiger partial charge in [-0.25, -0.2) is 13.4 Å². The summed E-state index contributed by atoms with van der Waals surface area (Å²) in [5.41, 5.74) is 1.16. The molecule has 7 nitrogen and oxygen atoms in total. The molecule has 1 atom stereocenters. The largest absolute Gasteiger partial charge is 0.473 e. The van der Waals surface area contributed by atoms with Gasteiger partial charge < -0.3 is 10.1 Å². The molecule has 3 rings (SSSR count). The maximum atomic E-state index is 13.0. The van der Waals surface area contributed by atoms with Crippen LogP contribution in [0.1, 0.15) is 18.9 Å². The Bertz CT molecular complexity index is 948. The minimum absolute atomic E-state index is 0.203. The molecule has 2 aromatic rings. The van der Waals surface area contributed by atoms with E-state index in [4.69, 9.17) is 4.74 Å². The number of halogens is 1. The average Bonchev–Trinajstić information content (AvgIpc) is 3.05. The SMILES string of the molecule is CC(=O)Nc1ccc(S(=O)(=O)N2CCC(Oc3ccc(Br)cn3)C2)c(C)c1. The fourth-order valence-electron chi connectivity index (χ4n) is 2.97. The van der Waals surface area contributed by atoms with Gasteiger partial charge in [-0.2, -0.15) is 4.31 Å². The van der Waals surface area contributed by atoms with Crippen molar-refractivity contribution in [2.24, 2.45) is 0 Å². The van der Waals surface area contributed by atoms with E-state index in [1.54, 1.807) is 31.3 Å². The number of aromatic nitrogens is 1. The molecule has 27 heavy (non-hydrogen) atoms. The van der Waals surface area contributed by atoms with E-state index in [1.165, 1.54) is 17.3 Å². The average molecular weight is 454 g/mol. The molecule has 0 saturated carbocycles. The van der Waals surface area contributed by atoms with Gasteiger partial charge in [0.05, 0.1) is 11.4 Å². The number of hydrogen-bond acceptors (Lipinski definition) is 5. The van der Waals surface area contributed by atoms with Gasteiger partial charge in [0.1, 0.15) is 6.10 Å². The minimum Gasteiger partial charge on any atom is -0.473 e. The summed E-state index contributed by atoms with van der Waals surface area (Å²) in [4.78, 5) is 15.6. The Hall–Kier alpha value is -1.97. The lowest BCUT2D eigenvalue weighted by atomic mass is 10.2. The summed E-state index contributed by atoms with van der Waals surface area (Å²) in [5, 5.41) is 2.65. The highest BCUT2D eigenvalue weighted by atomic mass is 79.9. The number of rotatable bonds is 5. The predicted molar refractivity (Wildman–Crippen MR) is 105 cm³/mol. The molecule has 1 N–H and O–H groups in total. The van der Waals surface area contributed by atoms with Crippen LogP contribution in [-0.4, -0.2) is 42.8 Å². The number of ether oxygens (including phenoxy) is 1. The normalized spacial score (nSPS) is 17.7. The second-order valence-corrected chi connectivity index (χ2v) is 9.19. The van der Waals surface area contributed by atoms with Crippen molar-refractivity contribution in [1.82, 2.24) is 9.29 Å². The molecular formula is C18H20BrN3O4S. The second-order valence-electron chi connectivity index (χ2n) is 6.37. The van der Waals surface area contributed by atoms with E-state index < -0.39 is 10.0 Å². The Kier molecular flexibility index (Phi) is 5.83. The molecule has 1 aliphatic rings. The third-order valence-electron chi connectivity index (χ3n) is 4.21. The number of nitrogens with zero attached hydrogens (tertiary/aromatic N) is 2. The number of nitrogens with one attached hydrogen (secondary N) is 1. The molecule has 2 heterocycles. The topological polar surface area (TPSA) is 88.6 Å². The Labute approximate surface area is 166 Å². The molecule has 144 valence electrons. The molecule has 0 radical (unpaired) electrons. The van der Waals surface area contributed by atoms with Crippen molar-refractivity contribution >= 4 is 37.5 Å². The van der Waals surface area contributed by atoms with Crippen LogP contribution in [-0.2, 0) is 14.8 Å². The number of anilines is 1. The number of aryl methyl sites for hydroxylation is 1. The summed E-state index contributed by atoms with van der Waals surface area (Å²) in [6.07, 6.45) is 1.99. The third kappa shape index (κ3) is 4.66. The van der Waals surface area contributed by atoms with Crippen LogP contribution < -0.4 is 10.1 Å². The van der Waals surface area contributed by atoms with E-state index >= 15 is 0 Å². The maximum Gasteiger partial charge on any atom is 0.243 e. The molecule has 1 aromatic heterocycles. The van der Waals surface area contributed by atoms with Gasteiger partial charge in [-0.05, 0) is 59.1 Å². The van der Waals surface area contributed by atoms with Crippen molar-refractivity contribution in [3.8, 4) is 5.88 Å². The van der Waals surface area contributed by atoms with Crippen LogP contribution in [0.15, 0.2) is 45.9 Å². The monoisotopic (exact) mass is 453 g/mol. The lowest BCUT2D eigenvalue weighted by Crippen LogP contribution is -2.31. The van der Waals surface area contributed by atoms with Crippen molar-refractivity contribution < 1.29 is 17.9 Å². The van der Waals surface area contributed by atoms with Crippen LogP contribution in [0.3, 0.4) is 0 Å². The molecule has 9 heteroatoms. The van der Waals surface area contributed by atoms with E-state index in [0.717, 1.165) is 4.47 Å². The van der Waals surface area contributed by atoms with E-state index in [9.17, 15) is 13.2 Å². The molecular weight excluding hydrogens is 434 g/mol. The van der Waals surface area contributed by atoms with Crippen LogP contribution in [0.4, 0.5) is 5.69 Å². The first-order chi connectivity index (χ1) is 12.8. The number of sulfonamides is 1. The lowest BCUT2D eigenvalue weighted by molar-refractivity contribution is -0.114. The van der Waals surface area contributed by atoms with Crippen LogP contribution in [0.5, 0.6) is 5.88 Å². The van der Waals surface area contributed by atoms with E-state index in [-0.39, 0.29) is 23.5 Å². The molecule has 1 saturated heterocycles. The summed E-state index contributed by atoms with van der Waals surface area (Å²) in [6, 6.07) is 8.35. The fourth-order valence-corrected chi connectivity index (χ4v) is 4.90. The van der Waals surface area contributed by atoms with Crippen molar-refractivity contribution in [2.75, 3.05) is 18.4 Å². The molecule has 0 bridgehead atoms. The van der Waals surface area contributed by atoms with Crippen LogP contribution in [0.2, 0.25) is 0 Å². The number of hydrogen-bond donors (Lipinski definition) is 1. The molecule has 0 aliphatic carbocycles. The Morgan fingerprint density at radius 3 is 2.74 bits per heavy atom. The van der Waals surface area contributed by atoms with Gasteiger partial charge in [0.15, 0.2) is 0 Å². The zero-order valence-electron chi connectivity index (χ0n) is 15.0. The first kappa shape index (κ1) is 19.8. The summed E-state index contributed by atoms with van der Waals surface area (Å²) < 4.78 is 34.1. The van der Waals surface area contributed by atoms with Gasteiger partial charge in [-0.1, -0.05) is 0 Å². The van der Waals surface area contributed by atoms with E-state index in [2.05, 4.69) is 26.2 Å². The van der Waals surface area contributed by atoms with Gasteiger partial charge >= 0.3 is 0 Å². The van der Waals surface area contributed by atoms with Crippen molar-refractivity contribution in [3.05, 3.63) is 46.6 Å². The third-order valence-corrected chi connectivity index (χ3v) is 6.70. The molecule has 1 amide bonds. The molecule has 1 fully saturated rings. The van der Waals surface area contributed by atoms with E-state index in [0.29, 0.717) is 30.1 Å². The van der Waals surface area contributed by atoms with Crippen molar-refractivity contribution in [2.45, 2.75) is 31.3 Å². The lowest BCUT2D eigenvalue weighted by Gasteiger charge is -2.19. The van der Waals surface area contributed by atoms with Gasteiger partial charge in [0.25, 0.3) is 0 Å². The zero-order valence-corrected chi connectivity index (χ0v) is 17.4. The number of amides is 1. The highest BCUT2D eigenvalue weighted by Crippen LogP contribution is 2.27. The van der Waals surface area contributed by atoms with Crippen LogP contribution in [0.25, 0.3) is 0 Å². The van der Waals surface area contributed by atoms with Crippen LogP contribution >= 0.6 is 15.9 Å². The summed E-state index contributed by atoms with van der Waals surface area (Å²) in [5.74, 6) is 0.268. The first-order valence-electron chi connectivity index (χ1n) is 8.42. The van der Waals surface area contributed by atoms with Gasteiger partial charge in [-0.3, -0.25) is 4.79 Å². The van der Waals surface area contributed by atoms with Crippen molar-refractivity contribution in [3.63, 3.8) is 0 Å². The molecule has 1 aromatic carbocycles. The Morgan fingerprint density at radius 2 is 2.11 bits per heavy atom. The quantitative estimate of drug-likeness (QED) is 0.751. The van der Waals surface area contributed by atoms with Crippen molar-refractivity contribution in [1.29, 1.82) is 0 Å². The Morgan fingerprint density at radius 1 is 1.33 bits per heavy atom. The first-order valence-corrected chi connectivity index (χ1v) is 10.7. The van der Waals surface area contributed by atoms with Gasteiger partial charge in [0.2, 0.25) is 21.8 Å². The smallest absolute Gasteiger partial charge is 0.243 e. The van der Waals surface area contributed by atoms with Gasteiger partial charge in [-0.15, -0.1) is 0 Å². The standard InChI is InChI=1S/C18H20BrN3O4S/c1-12-9-15(21-13(2)23)4-5-17(12)27(24,25)22-8-7-16(11-22)26-18-6-3-14(19)10-20-18/h3-6,9-10,16H,7-8,11H2,1-2H3,(H,21,23). The van der Waals surface area contributed by atoms with Gasteiger partial charge in [0, 0.05) is 35.9 Å². The zero-order chi connectivity index (χ0) is 19.6. The number of benzene rings is 1. The fraction of sp³-hybridized carbons (Fsp3) is 0.333. The predicted octanol–water partition coefficient (Wildman–Crippen LogP) is 2.95. The maximum absolute atomic E-state index is 13.0. The highest BCUT2D eigenvalue weighted by molar-refractivity contribution is 9.10. The number of carbonyl (C=O) groups excluding carboxylic acids is 1. The van der Waals surface area contributed by atoms with E-state index in [1.807, 2.05) is 6.07 Å². The summed E-state index contributed by atoms with van der Waals surface area (Å²) in [6.45, 7) is 3.78. The Balaban J connectivity index is 1.72. The number of carbonyl (C=O) groups is 1. The molecule has 1 aliphatic heterocycles. The highest BCUT2D eigenvalue weighted by Gasteiger charge is 2.34. The minimum atomic E-state index is -3.63. The molecule has 1 unspecified atom stereocenters. The second kappa shape index (κ2) is 7.95. The number of pyridine rings is 1. The van der Waals surface area contributed by atoms with Crippen LogP contribution in [0, 0.1) is 6.92 Å². The summed E-state index contributed by atoms with van der Waals surface area (Å²) >= 11 is 3.32. The molecule has 0 spiro atoms.